The van der Waals surface area contributed by atoms with Gasteiger partial charge in [0, 0.05) is 25.7 Å². The van der Waals surface area contributed by atoms with E-state index in [9.17, 15) is 9.50 Å². The molecular formula is C17H21FN2O4. The number of β-amino-alcohol motifs (C(OH)–C–C–N with tert-alkyl or cyclic N) is 1. The van der Waals surface area contributed by atoms with E-state index in [4.69, 9.17) is 14.0 Å². The van der Waals surface area contributed by atoms with Gasteiger partial charge >= 0.3 is 0 Å². The summed E-state index contributed by atoms with van der Waals surface area (Å²) in [5.41, 5.74) is -0.333. The first kappa shape index (κ1) is 16.9. The third kappa shape index (κ3) is 4.53. The molecule has 0 spiro atoms. The Labute approximate surface area is 139 Å². The summed E-state index contributed by atoms with van der Waals surface area (Å²) in [5.74, 6) is 0.937. The number of hydrogen-bond acceptors (Lipinski definition) is 6. The number of aryl methyl sites for hydroxylation is 1. The fourth-order valence-corrected chi connectivity index (χ4v) is 2.69. The summed E-state index contributed by atoms with van der Waals surface area (Å²) in [5, 5.41) is 14.8. The summed E-state index contributed by atoms with van der Waals surface area (Å²) < 4.78 is 29.1. The first-order chi connectivity index (χ1) is 11.5. The average Bonchev–Trinajstić information content (AvgIpc) is 2.86. The third-order valence-corrected chi connectivity index (χ3v) is 3.82. The second-order valence-corrected chi connectivity index (χ2v) is 6.16. The number of aromatic nitrogens is 1. The van der Waals surface area contributed by atoms with Crippen molar-refractivity contribution in [2.75, 3.05) is 32.9 Å². The van der Waals surface area contributed by atoms with Gasteiger partial charge < -0.3 is 19.1 Å². The minimum absolute atomic E-state index is 0.0625. The van der Waals surface area contributed by atoms with Crippen molar-refractivity contribution in [2.24, 2.45) is 0 Å². The molecule has 0 bridgehead atoms. The minimum Gasteiger partial charge on any atom is -0.490 e. The zero-order valence-electron chi connectivity index (χ0n) is 13.6. The van der Waals surface area contributed by atoms with E-state index in [2.05, 4.69) is 10.1 Å². The summed E-state index contributed by atoms with van der Waals surface area (Å²) >= 11 is 0. The quantitative estimate of drug-likeness (QED) is 0.897. The molecule has 1 saturated heterocycles. The fourth-order valence-electron chi connectivity index (χ4n) is 2.69. The van der Waals surface area contributed by atoms with Crippen molar-refractivity contribution in [2.45, 2.75) is 19.1 Å². The van der Waals surface area contributed by atoms with Gasteiger partial charge in [-0.25, -0.2) is 4.39 Å². The Morgan fingerprint density at radius 1 is 1.38 bits per heavy atom. The van der Waals surface area contributed by atoms with Gasteiger partial charge in [0.2, 0.25) is 0 Å². The summed E-state index contributed by atoms with van der Waals surface area (Å²) in [6.07, 6.45) is 0. The molecule has 0 unspecified atom stereocenters. The normalized spacial score (nSPS) is 22.3. The second-order valence-electron chi connectivity index (χ2n) is 6.16. The molecule has 2 aromatic rings. The van der Waals surface area contributed by atoms with Gasteiger partial charge in [0.05, 0.1) is 18.9 Å². The lowest BCUT2D eigenvalue weighted by Gasteiger charge is -2.30. The van der Waals surface area contributed by atoms with Gasteiger partial charge in [0.1, 0.15) is 29.5 Å². The van der Waals surface area contributed by atoms with Crippen LogP contribution in [-0.2, 0) is 11.3 Å². The molecule has 6 nitrogen and oxygen atoms in total. The molecule has 1 aromatic carbocycles. The van der Waals surface area contributed by atoms with Crippen molar-refractivity contribution in [3.8, 4) is 5.75 Å². The zero-order chi connectivity index (χ0) is 17.0. The predicted octanol–water partition coefficient (Wildman–Crippen LogP) is 1.76. The lowest BCUT2D eigenvalue weighted by atomic mass is 10.1. The van der Waals surface area contributed by atoms with Gasteiger partial charge in [-0.1, -0.05) is 5.16 Å². The number of nitrogens with zero attached hydrogens (tertiary/aromatic N) is 2. The van der Waals surface area contributed by atoms with E-state index < -0.39 is 5.60 Å². The smallest absolute Gasteiger partial charge is 0.134 e. The summed E-state index contributed by atoms with van der Waals surface area (Å²) in [6.45, 7) is 4.25. The van der Waals surface area contributed by atoms with Gasteiger partial charge in [-0.3, -0.25) is 4.90 Å². The molecule has 0 aliphatic carbocycles. The average molecular weight is 336 g/mol. The number of hydrogen-bond donors (Lipinski definition) is 1. The van der Waals surface area contributed by atoms with E-state index in [-0.39, 0.29) is 19.0 Å². The number of aliphatic hydroxyl groups is 1. The van der Waals surface area contributed by atoms with Crippen molar-refractivity contribution in [1.29, 1.82) is 0 Å². The predicted molar refractivity (Wildman–Crippen MR) is 84.2 cm³/mol. The second kappa shape index (κ2) is 7.29. The monoisotopic (exact) mass is 336 g/mol. The SMILES string of the molecule is Cc1cc(CN2CCOC[C@](O)(COc3ccc(F)cc3)C2)no1. The molecule has 2 heterocycles. The van der Waals surface area contributed by atoms with Crippen molar-refractivity contribution >= 4 is 0 Å². The molecular weight excluding hydrogens is 315 g/mol. The van der Waals surface area contributed by atoms with E-state index in [1.165, 1.54) is 24.3 Å². The molecule has 7 heteroatoms. The number of ether oxygens (including phenoxy) is 2. The Balaban J connectivity index is 1.60. The molecule has 0 amide bonds. The molecule has 1 N–H and O–H groups in total. The minimum atomic E-state index is -1.15. The van der Waals surface area contributed by atoms with Crippen molar-refractivity contribution in [3.05, 3.63) is 47.6 Å². The molecule has 0 saturated carbocycles. The van der Waals surface area contributed by atoms with Crippen LogP contribution in [0.1, 0.15) is 11.5 Å². The Morgan fingerprint density at radius 3 is 2.88 bits per heavy atom. The first-order valence-corrected chi connectivity index (χ1v) is 7.85. The van der Waals surface area contributed by atoms with Crippen LogP contribution < -0.4 is 4.74 Å². The molecule has 1 aliphatic rings. The van der Waals surface area contributed by atoms with Crippen molar-refractivity contribution < 1.29 is 23.5 Å². The Bertz CT molecular complexity index is 661. The molecule has 1 fully saturated rings. The van der Waals surface area contributed by atoms with Gasteiger partial charge in [-0.2, -0.15) is 0 Å². The van der Waals surface area contributed by atoms with Gasteiger partial charge in [0.15, 0.2) is 0 Å². The molecule has 1 aromatic heterocycles. The molecule has 3 rings (SSSR count). The standard InChI is InChI=1S/C17H21FN2O4/c1-13-8-15(19-24-13)9-20-6-7-22-11-17(21,10-20)12-23-16-4-2-14(18)3-5-16/h2-5,8,21H,6-7,9-12H2,1H3/t17-/m0/s1. The van der Waals surface area contributed by atoms with Crippen molar-refractivity contribution in [1.82, 2.24) is 10.1 Å². The molecule has 130 valence electrons. The highest BCUT2D eigenvalue weighted by atomic mass is 19.1. The third-order valence-electron chi connectivity index (χ3n) is 3.82. The van der Waals surface area contributed by atoms with E-state index in [0.717, 1.165) is 11.5 Å². The first-order valence-electron chi connectivity index (χ1n) is 7.85. The lowest BCUT2D eigenvalue weighted by molar-refractivity contribution is -0.0647. The van der Waals surface area contributed by atoms with Crippen LogP contribution in [0.15, 0.2) is 34.9 Å². The molecule has 24 heavy (non-hydrogen) atoms. The Morgan fingerprint density at radius 2 is 2.17 bits per heavy atom. The highest BCUT2D eigenvalue weighted by Crippen LogP contribution is 2.18. The van der Waals surface area contributed by atoms with Gasteiger partial charge in [0.25, 0.3) is 0 Å². The van der Waals surface area contributed by atoms with Crippen LogP contribution in [0, 0.1) is 12.7 Å². The van der Waals surface area contributed by atoms with E-state index in [1.54, 1.807) is 0 Å². The van der Waals surface area contributed by atoms with Crippen LogP contribution in [0.4, 0.5) is 4.39 Å². The van der Waals surface area contributed by atoms with Crippen LogP contribution in [-0.4, -0.2) is 53.7 Å². The van der Waals surface area contributed by atoms with Crippen molar-refractivity contribution in [3.63, 3.8) is 0 Å². The van der Waals surface area contributed by atoms with Crippen LogP contribution in [0.2, 0.25) is 0 Å². The van der Waals surface area contributed by atoms with E-state index in [1.807, 2.05) is 13.0 Å². The maximum atomic E-state index is 12.9. The molecule has 1 aliphatic heterocycles. The summed E-state index contributed by atoms with van der Waals surface area (Å²) in [4.78, 5) is 2.05. The number of rotatable bonds is 5. The number of halogens is 1. The van der Waals surface area contributed by atoms with Gasteiger partial charge in [-0.05, 0) is 31.2 Å². The van der Waals surface area contributed by atoms with Gasteiger partial charge in [-0.15, -0.1) is 0 Å². The topological polar surface area (TPSA) is 68.0 Å². The Kier molecular flexibility index (Phi) is 5.13. The van der Waals surface area contributed by atoms with E-state index in [0.29, 0.717) is 32.0 Å². The van der Waals surface area contributed by atoms with E-state index >= 15 is 0 Å². The number of benzene rings is 1. The molecule has 1 atom stereocenters. The summed E-state index contributed by atoms with van der Waals surface area (Å²) in [6, 6.07) is 7.59. The fraction of sp³-hybridized carbons (Fsp3) is 0.471. The maximum absolute atomic E-state index is 12.9. The van der Waals surface area contributed by atoms with Crippen LogP contribution in [0.3, 0.4) is 0 Å². The van der Waals surface area contributed by atoms with Crippen LogP contribution >= 0.6 is 0 Å². The Hall–Kier alpha value is -1.96. The zero-order valence-corrected chi connectivity index (χ0v) is 13.6. The maximum Gasteiger partial charge on any atom is 0.134 e. The largest absolute Gasteiger partial charge is 0.490 e. The highest BCUT2D eigenvalue weighted by molar-refractivity contribution is 5.22. The lowest BCUT2D eigenvalue weighted by Crippen LogP contribution is -2.48. The van der Waals surface area contributed by atoms with Crippen LogP contribution in [0.25, 0.3) is 0 Å². The summed E-state index contributed by atoms with van der Waals surface area (Å²) in [7, 11) is 0. The highest BCUT2D eigenvalue weighted by Gasteiger charge is 2.33. The molecule has 0 radical (unpaired) electrons. The van der Waals surface area contributed by atoms with Crippen LogP contribution in [0.5, 0.6) is 5.75 Å².